The Hall–Kier alpha value is -1.47. The monoisotopic (exact) mass is 421 g/mol. The number of ether oxygens (including phenoxy) is 1. The number of hydrogen-bond acceptors (Lipinski definition) is 4. The molecule has 0 unspecified atom stereocenters. The van der Waals surface area contributed by atoms with Gasteiger partial charge in [0.15, 0.2) is 0 Å². The molecule has 0 radical (unpaired) electrons. The van der Waals surface area contributed by atoms with Gasteiger partial charge in [0.05, 0.1) is 26.7 Å². The molecule has 0 aliphatic carbocycles. The van der Waals surface area contributed by atoms with Gasteiger partial charge in [0.2, 0.25) is 0 Å². The first kappa shape index (κ1) is 19.8. The fourth-order valence-electron chi connectivity index (χ4n) is 1.88. The van der Waals surface area contributed by atoms with Crippen molar-refractivity contribution in [3.05, 3.63) is 57.0 Å². The summed E-state index contributed by atoms with van der Waals surface area (Å²) < 4.78 is 32.3. The molecule has 9 heteroatoms. The van der Waals surface area contributed by atoms with E-state index in [2.05, 4.69) is 4.72 Å². The van der Waals surface area contributed by atoms with Crippen LogP contribution < -0.4 is 4.72 Å². The zero-order valence-corrected chi connectivity index (χ0v) is 16.3. The Labute approximate surface area is 160 Å². The fourth-order valence-corrected chi connectivity index (χ4v) is 3.94. The Kier molecular flexibility index (Phi) is 6.21. The molecule has 0 saturated heterocycles. The number of halogens is 3. The Morgan fingerprint density at radius 1 is 1.00 bits per heavy atom. The molecule has 5 nitrogen and oxygen atoms in total. The number of nitrogens with one attached hydrogen (secondary N) is 1. The van der Waals surface area contributed by atoms with Crippen LogP contribution in [0.3, 0.4) is 0 Å². The van der Waals surface area contributed by atoms with Crippen LogP contribution in [0.5, 0.6) is 0 Å². The van der Waals surface area contributed by atoms with E-state index in [9.17, 15) is 13.2 Å². The molecule has 0 amide bonds. The van der Waals surface area contributed by atoms with Gasteiger partial charge in [-0.2, -0.15) is 0 Å². The van der Waals surface area contributed by atoms with Crippen LogP contribution in [0, 0.1) is 0 Å². The largest absolute Gasteiger partial charge is 0.459 e. The molecule has 25 heavy (non-hydrogen) atoms. The first-order valence-electron chi connectivity index (χ1n) is 7.08. The van der Waals surface area contributed by atoms with E-state index >= 15 is 0 Å². The van der Waals surface area contributed by atoms with Crippen LogP contribution in [-0.2, 0) is 14.8 Å². The Morgan fingerprint density at radius 3 is 2.12 bits per heavy atom. The van der Waals surface area contributed by atoms with Crippen LogP contribution in [0.15, 0.2) is 41.3 Å². The van der Waals surface area contributed by atoms with E-state index < -0.39 is 16.0 Å². The van der Waals surface area contributed by atoms with Gasteiger partial charge in [-0.15, -0.1) is 0 Å². The number of carbonyl (C=O) groups is 1. The summed E-state index contributed by atoms with van der Waals surface area (Å²) in [5, 5.41) is 0.163. The number of anilines is 1. The van der Waals surface area contributed by atoms with Crippen LogP contribution in [0.1, 0.15) is 24.2 Å². The molecule has 1 N–H and O–H groups in total. The predicted octanol–water partition coefficient (Wildman–Crippen LogP) is 5.01. The van der Waals surface area contributed by atoms with Crippen molar-refractivity contribution in [2.45, 2.75) is 24.8 Å². The third-order valence-electron chi connectivity index (χ3n) is 2.98. The highest BCUT2D eigenvalue weighted by Gasteiger charge is 2.20. The van der Waals surface area contributed by atoms with Gasteiger partial charge in [-0.3, -0.25) is 4.72 Å². The second-order valence-corrected chi connectivity index (χ2v) is 8.21. The molecule has 0 bridgehead atoms. The number of esters is 1. The van der Waals surface area contributed by atoms with Crippen LogP contribution >= 0.6 is 34.8 Å². The zero-order valence-electron chi connectivity index (χ0n) is 13.2. The van der Waals surface area contributed by atoms with Crippen LogP contribution in [0.2, 0.25) is 15.1 Å². The van der Waals surface area contributed by atoms with E-state index in [0.29, 0.717) is 5.56 Å². The SMILES string of the molecule is CC(C)OC(=O)c1ccc(NS(=O)(=O)c2cc(Cl)c(Cl)cc2Cl)cc1. The number of hydrogen-bond donors (Lipinski definition) is 1. The lowest BCUT2D eigenvalue weighted by Gasteiger charge is -2.11. The molecule has 0 heterocycles. The maximum Gasteiger partial charge on any atom is 0.338 e. The van der Waals surface area contributed by atoms with E-state index in [0.717, 1.165) is 0 Å². The number of sulfonamides is 1. The first-order valence-corrected chi connectivity index (χ1v) is 9.70. The summed E-state index contributed by atoms with van der Waals surface area (Å²) in [6.45, 7) is 3.47. The molecular formula is C16H14Cl3NO4S. The molecule has 0 atom stereocenters. The van der Waals surface area contributed by atoms with Crippen molar-refractivity contribution in [1.29, 1.82) is 0 Å². The number of carbonyl (C=O) groups excluding carboxylic acids is 1. The third-order valence-corrected chi connectivity index (χ3v) is 5.55. The molecule has 2 aromatic rings. The topological polar surface area (TPSA) is 72.5 Å². The van der Waals surface area contributed by atoms with Crippen molar-refractivity contribution < 1.29 is 17.9 Å². The van der Waals surface area contributed by atoms with Gasteiger partial charge in [0.25, 0.3) is 10.0 Å². The van der Waals surface area contributed by atoms with Crippen molar-refractivity contribution in [2.24, 2.45) is 0 Å². The Bertz CT molecular complexity index is 896. The summed E-state index contributed by atoms with van der Waals surface area (Å²) in [5.41, 5.74) is 0.562. The highest BCUT2D eigenvalue weighted by Crippen LogP contribution is 2.32. The van der Waals surface area contributed by atoms with Crippen LogP contribution in [-0.4, -0.2) is 20.5 Å². The molecular weight excluding hydrogens is 409 g/mol. The summed E-state index contributed by atoms with van der Waals surface area (Å²) in [6.07, 6.45) is -0.248. The van der Waals surface area contributed by atoms with Gasteiger partial charge in [0.1, 0.15) is 4.90 Å². The molecule has 0 aliphatic rings. The van der Waals surface area contributed by atoms with Gasteiger partial charge in [-0.25, -0.2) is 13.2 Å². The van der Waals surface area contributed by atoms with E-state index in [1.54, 1.807) is 13.8 Å². The second-order valence-electron chi connectivity index (χ2n) is 5.33. The average Bonchev–Trinajstić information content (AvgIpc) is 2.50. The van der Waals surface area contributed by atoms with Gasteiger partial charge >= 0.3 is 5.97 Å². The molecule has 0 aliphatic heterocycles. The van der Waals surface area contributed by atoms with Gasteiger partial charge in [-0.05, 0) is 50.2 Å². The quantitative estimate of drug-likeness (QED) is 0.543. The summed E-state index contributed by atoms with van der Waals surface area (Å²) in [4.78, 5) is 11.6. The lowest BCUT2D eigenvalue weighted by Crippen LogP contribution is -2.14. The second kappa shape index (κ2) is 7.83. The van der Waals surface area contributed by atoms with Gasteiger partial charge in [-0.1, -0.05) is 34.8 Å². The minimum absolute atomic E-state index is 0.0565. The smallest absolute Gasteiger partial charge is 0.338 e. The summed E-state index contributed by atoms with van der Waals surface area (Å²) >= 11 is 17.6. The third kappa shape index (κ3) is 5.01. The fraction of sp³-hybridized carbons (Fsp3) is 0.188. The predicted molar refractivity (Wildman–Crippen MR) is 99.3 cm³/mol. The molecule has 0 saturated carbocycles. The average molecular weight is 423 g/mol. The van der Waals surface area contributed by atoms with E-state index in [1.807, 2.05) is 0 Å². The minimum atomic E-state index is -3.98. The Morgan fingerprint density at radius 2 is 1.56 bits per heavy atom. The van der Waals surface area contributed by atoms with Crippen molar-refractivity contribution >= 4 is 56.5 Å². The lowest BCUT2D eigenvalue weighted by atomic mass is 10.2. The van der Waals surface area contributed by atoms with Crippen LogP contribution in [0.25, 0.3) is 0 Å². The molecule has 2 rings (SSSR count). The zero-order chi connectivity index (χ0) is 18.8. The highest BCUT2D eigenvalue weighted by atomic mass is 35.5. The van der Waals surface area contributed by atoms with E-state index in [1.165, 1.54) is 36.4 Å². The molecule has 134 valence electrons. The van der Waals surface area contributed by atoms with E-state index in [4.69, 9.17) is 39.5 Å². The molecule has 2 aromatic carbocycles. The minimum Gasteiger partial charge on any atom is -0.459 e. The first-order chi connectivity index (χ1) is 11.6. The maximum absolute atomic E-state index is 12.5. The van der Waals surface area contributed by atoms with Crippen molar-refractivity contribution in [3.63, 3.8) is 0 Å². The summed E-state index contributed by atoms with van der Waals surface area (Å²) in [7, 11) is -3.98. The standard InChI is InChI=1S/C16H14Cl3NO4S/c1-9(2)24-16(21)10-3-5-11(6-4-10)20-25(22,23)15-8-13(18)12(17)7-14(15)19/h3-9,20H,1-2H3. The maximum atomic E-state index is 12.5. The van der Waals surface area contributed by atoms with Crippen molar-refractivity contribution in [2.75, 3.05) is 4.72 Å². The number of benzene rings is 2. The Balaban J connectivity index is 2.24. The van der Waals surface area contributed by atoms with Crippen molar-refractivity contribution in [3.8, 4) is 0 Å². The normalized spacial score (nSPS) is 11.4. The molecule has 0 fully saturated rings. The lowest BCUT2D eigenvalue weighted by molar-refractivity contribution is 0.0378. The van der Waals surface area contributed by atoms with Gasteiger partial charge in [0, 0.05) is 5.69 Å². The highest BCUT2D eigenvalue weighted by molar-refractivity contribution is 7.92. The van der Waals surface area contributed by atoms with Crippen molar-refractivity contribution in [1.82, 2.24) is 0 Å². The van der Waals surface area contributed by atoms with Crippen LogP contribution in [0.4, 0.5) is 5.69 Å². The van der Waals surface area contributed by atoms with E-state index in [-0.39, 0.29) is 31.8 Å². The number of rotatable bonds is 5. The van der Waals surface area contributed by atoms with Gasteiger partial charge < -0.3 is 4.74 Å². The summed E-state index contributed by atoms with van der Waals surface area (Å²) in [6, 6.07) is 8.23. The summed E-state index contributed by atoms with van der Waals surface area (Å²) in [5.74, 6) is -0.489. The molecule has 0 aromatic heterocycles. The molecule has 0 spiro atoms.